The van der Waals surface area contributed by atoms with Crippen LogP contribution in [-0.2, 0) is 0 Å². The average molecular weight is 345 g/mol. The fraction of sp³-hybridized carbons (Fsp3) is 0. The van der Waals surface area contributed by atoms with E-state index in [1.807, 2.05) is 12.1 Å². The fourth-order valence-electron chi connectivity index (χ4n) is 1.72. The van der Waals surface area contributed by atoms with Gasteiger partial charge >= 0.3 is 0 Å². The van der Waals surface area contributed by atoms with Gasteiger partial charge < -0.3 is 5.32 Å². The molecule has 2 heterocycles. The number of nitrogens with one attached hydrogen (secondary N) is 1. The first-order valence-corrected chi connectivity index (χ1v) is 6.77. The largest absolute Gasteiger partial charge is 0.322 e. The zero-order valence-electron chi connectivity index (χ0n) is 10.6. The highest BCUT2D eigenvalue weighted by Crippen LogP contribution is 2.14. The third-order valence-electron chi connectivity index (χ3n) is 2.71. The predicted molar refractivity (Wildman–Crippen MR) is 79.0 cm³/mol. The maximum Gasteiger partial charge on any atom is 0.257 e. The molecule has 3 aromatic rings. The standard InChI is InChI=1S/C13H9BrN6O/c14-10-5-9(6-15-7-10)13(21)17-11-1-3-12(4-2-11)20-8-16-18-19-20/h1-8H,(H,17,21). The maximum atomic E-state index is 12.1. The number of nitrogens with zero attached hydrogens (tertiary/aromatic N) is 5. The smallest absolute Gasteiger partial charge is 0.257 e. The molecule has 1 aromatic carbocycles. The molecular weight excluding hydrogens is 336 g/mol. The third-order valence-corrected chi connectivity index (χ3v) is 3.14. The van der Waals surface area contributed by atoms with E-state index in [0.29, 0.717) is 11.3 Å². The van der Waals surface area contributed by atoms with Gasteiger partial charge in [0.25, 0.3) is 5.91 Å². The summed E-state index contributed by atoms with van der Waals surface area (Å²) < 4.78 is 2.29. The van der Waals surface area contributed by atoms with Gasteiger partial charge in [0.15, 0.2) is 0 Å². The van der Waals surface area contributed by atoms with Crippen LogP contribution in [0.4, 0.5) is 5.69 Å². The van der Waals surface area contributed by atoms with Crippen LogP contribution in [-0.4, -0.2) is 31.1 Å². The van der Waals surface area contributed by atoms with Crippen molar-refractivity contribution in [2.24, 2.45) is 0 Å². The zero-order chi connectivity index (χ0) is 14.7. The molecule has 0 aliphatic heterocycles. The lowest BCUT2D eigenvalue weighted by molar-refractivity contribution is 0.102. The number of carbonyl (C=O) groups excluding carboxylic acids is 1. The molecule has 8 heteroatoms. The number of pyridine rings is 1. The molecule has 7 nitrogen and oxygen atoms in total. The summed E-state index contributed by atoms with van der Waals surface area (Å²) in [6.45, 7) is 0. The monoisotopic (exact) mass is 344 g/mol. The molecule has 0 saturated carbocycles. The van der Waals surface area contributed by atoms with E-state index in [4.69, 9.17) is 0 Å². The number of anilines is 1. The van der Waals surface area contributed by atoms with Gasteiger partial charge in [-0.3, -0.25) is 9.78 Å². The molecule has 0 atom stereocenters. The first-order valence-electron chi connectivity index (χ1n) is 5.98. The van der Waals surface area contributed by atoms with Crippen LogP contribution in [0.5, 0.6) is 0 Å². The summed E-state index contributed by atoms with van der Waals surface area (Å²) in [5, 5.41) is 13.7. The van der Waals surface area contributed by atoms with Crippen molar-refractivity contribution < 1.29 is 4.79 Å². The predicted octanol–water partition coefficient (Wildman–Crippen LogP) is 2.07. The Hall–Kier alpha value is -2.61. The van der Waals surface area contributed by atoms with Crippen LogP contribution < -0.4 is 5.32 Å². The second-order valence-corrected chi connectivity index (χ2v) is 5.06. The molecule has 0 bridgehead atoms. The normalized spacial score (nSPS) is 10.3. The van der Waals surface area contributed by atoms with Gasteiger partial charge in [-0.1, -0.05) is 0 Å². The van der Waals surface area contributed by atoms with E-state index in [1.165, 1.54) is 17.2 Å². The molecule has 1 amide bonds. The zero-order valence-corrected chi connectivity index (χ0v) is 12.2. The Morgan fingerprint density at radius 3 is 2.67 bits per heavy atom. The van der Waals surface area contributed by atoms with Crippen LogP contribution in [0, 0.1) is 0 Å². The van der Waals surface area contributed by atoms with Gasteiger partial charge in [0.2, 0.25) is 0 Å². The van der Waals surface area contributed by atoms with Crippen LogP contribution >= 0.6 is 15.9 Å². The number of rotatable bonds is 3. The summed E-state index contributed by atoms with van der Waals surface area (Å²) >= 11 is 3.28. The molecule has 0 unspecified atom stereocenters. The summed E-state index contributed by atoms with van der Waals surface area (Å²) in [7, 11) is 0. The molecule has 0 radical (unpaired) electrons. The van der Waals surface area contributed by atoms with Gasteiger partial charge in [-0.15, -0.1) is 5.10 Å². The van der Waals surface area contributed by atoms with Crippen LogP contribution in [0.3, 0.4) is 0 Å². The van der Waals surface area contributed by atoms with Crippen LogP contribution in [0.1, 0.15) is 10.4 Å². The molecule has 2 aromatic heterocycles. The number of hydrogen-bond donors (Lipinski definition) is 1. The Morgan fingerprint density at radius 1 is 1.19 bits per heavy atom. The number of halogens is 1. The topological polar surface area (TPSA) is 85.6 Å². The number of carbonyl (C=O) groups is 1. The van der Waals surface area contributed by atoms with E-state index in [9.17, 15) is 4.79 Å². The second kappa shape index (κ2) is 5.80. The Labute approximate surface area is 128 Å². The molecule has 21 heavy (non-hydrogen) atoms. The first kappa shape index (κ1) is 13.4. The first-order chi connectivity index (χ1) is 10.2. The highest BCUT2D eigenvalue weighted by molar-refractivity contribution is 9.10. The SMILES string of the molecule is O=C(Nc1ccc(-n2cnnn2)cc1)c1cncc(Br)c1. The van der Waals surface area contributed by atoms with Crippen molar-refractivity contribution in [2.75, 3.05) is 5.32 Å². The van der Waals surface area contributed by atoms with Crippen LogP contribution in [0.2, 0.25) is 0 Å². The van der Waals surface area contributed by atoms with Crippen molar-refractivity contribution in [1.29, 1.82) is 0 Å². The molecule has 0 aliphatic rings. The van der Waals surface area contributed by atoms with Crippen LogP contribution in [0.25, 0.3) is 5.69 Å². The molecule has 0 saturated heterocycles. The fourth-order valence-corrected chi connectivity index (χ4v) is 2.08. The minimum atomic E-state index is -0.223. The number of benzene rings is 1. The van der Waals surface area contributed by atoms with E-state index in [2.05, 4.69) is 41.8 Å². The number of amides is 1. The van der Waals surface area contributed by atoms with Crippen molar-refractivity contribution in [3.05, 3.63) is 59.1 Å². The molecule has 1 N–H and O–H groups in total. The molecule has 3 rings (SSSR count). The Bertz CT molecular complexity index is 757. The van der Waals surface area contributed by atoms with Crippen molar-refractivity contribution in [2.45, 2.75) is 0 Å². The van der Waals surface area contributed by atoms with Crippen molar-refractivity contribution in [3.63, 3.8) is 0 Å². The summed E-state index contributed by atoms with van der Waals surface area (Å²) in [4.78, 5) is 16.0. The van der Waals surface area contributed by atoms with Gasteiger partial charge in [-0.05, 0) is 56.7 Å². The summed E-state index contributed by atoms with van der Waals surface area (Å²) in [6.07, 6.45) is 4.63. The minimum absolute atomic E-state index is 0.223. The Morgan fingerprint density at radius 2 is 2.00 bits per heavy atom. The van der Waals surface area contributed by atoms with E-state index in [1.54, 1.807) is 24.4 Å². The Balaban J connectivity index is 1.75. The summed E-state index contributed by atoms with van der Waals surface area (Å²) in [5.41, 5.74) is 1.97. The minimum Gasteiger partial charge on any atom is -0.322 e. The second-order valence-electron chi connectivity index (χ2n) is 4.15. The number of tetrazole rings is 1. The van der Waals surface area contributed by atoms with Gasteiger partial charge in [-0.2, -0.15) is 0 Å². The van der Waals surface area contributed by atoms with Gasteiger partial charge in [0.1, 0.15) is 6.33 Å². The average Bonchev–Trinajstić information content (AvgIpc) is 3.02. The summed E-state index contributed by atoms with van der Waals surface area (Å²) in [6, 6.07) is 8.88. The third kappa shape index (κ3) is 3.11. The van der Waals surface area contributed by atoms with Crippen molar-refractivity contribution >= 4 is 27.5 Å². The van der Waals surface area contributed by atoms with E-state index in [-0.39, 0.29) is 5.91 Å². The van der Waals surface area contributed by atoms with E-state index < -0.39 is 0 Å². The van der Waals surface area contributed by atoms with Gasteiger partial charge in [0.05, 0.1) is 11.3 Å². The summed E-state index contributed by atoms with van der Waals surface area (Å²) in [5.74, 6) is -0.223. The van der Waals surface area contributed by atoms with Crippen molar-refractivity contribution in [1.82, 2.24) is 25.2 Å². The Kier molecular flexibility index (Phi) is 3.69. The van der Waals surface area contributed by atoms with Gasteiger partial charge in [0, 0.05) is 22.6 Å². The molecular formula is C13H9BrN6O. The molecule has 0 fully saturated rings. The number of hydrogen-bond acceptors (Lipinski definition) is 5. The number of aromatic nitrogens is 5. The lowest BCUT2D eigenvalue weighted by Crippen LogP contribution is -2.12. The molecule has 0 aliphatic carbocycles. The lowest BCUT2D eigenvalue weighted by atomic mass is 10.2. The van der Waals surface area contributed by atoms with Crippen molar-refractivity contribution in [3.8, 4) is 5.69 Å². The maximum absolute atomic E-state index is 12.1. The van der Waals surface area contributed by atoms with E-state index in [0.717, 1.165) is 10.2 Å². The molecule has 104 valence electrons. The molecule has 0 spiro atoms. The van der Waals surface area contributed by atoms with Gasteiger partial charge in [-0.25, -0.2) is 4.68 Å². The van der Waals surface area contributed by atoms with Crippen LogP contribution in [0.15, 0.2) is 53.5 Å². The quantitative estimate of drug-likeness (QED) is 0.785. The lowest BCUT2D eigenvalue weighted by Gasteiger charge is -2.06. The highest BCUT2D eigenvalue weighted by Gasteiger charge is 2.07. The van der Waals surface area contributed by atoms with E-state index >= 15 is 0 Å². The highest BCUT2D eigenvalue weighted by atomic mass is 79.9.